The van der Waals surface area contributed by atoms with E-state index in [-0.39, 0.29) is 19.2 Å². The molecule has 0 aliphatic heterocycles. The Morgan fingerprint density at radius 2 is 0.746 bits per heavy atom. The molecular weight excluding hydrogens is 758 g/mol. The zero-order valence-corrected chi connectivity index (χ0v) is 40.9. The second-order valence-corrected chi connectivity index (χ2v) is 20.5. The van der Waals surface area contributed by atoms with Crippen LogP contribution in [0.1, 0.15) is 264 Å². The molecular formula is C50H102NO7P. The predicted octanol–water partition coefficient (Wildman–Crippen LogP) is 14.7. The van der Waals surface area contributed by atoms with Gasteiger partial charge in [-0.3, -0.25) is 9.36 Å². The van der Waals surface area contributed by atoms with Crippen molar-refractivity contribution in [3.05, 3.63) is 0 Å². The summed E-state index contributed by atoms with van der Waals surface area (Å²) in [6.07, 6.45) is 53.4. The Morgan fingerprint density at radius 1 is 0.475 bits per heavy atom. The van der Waals surface area contributed by atoms with Crippen molar-refractivity contribution in [2.75, 3.05) is 47.5 Å². The van der Waals surface area contributed by atoms with Gasteiger partial charge in [-0.05, 0) is 6.42 Å². The van der Waals surface area contributed by atoms with Crippen molar-refractivity contribution in [2.45, 2.75) is 270 Å². The van der Waals surface area contributed by atoms with Gasteiger partial charge in [0.2, 0.25) is 0 Å². The second-order valence-electron chi connectivity index (χ2n) is 19.1. The highest BCUT2D eigenvalue weighted by Gasteiger charge is 2.17. The van der Waals surface area contributed by atoms with Crippen molar-refractivity contribution in [3.8, 4) is 0 Å². The molecule has 2 unspecified atom stereocenters. The molecule has 0 radical (unpaired) electrons. The van der Waals surface area contributed by atoms with Gasteiger partial charge in [0.15, 0.2) is 0 Å². The van der Waals surface area contributed by atoms with Gasteiger partial charge in [0.05, 0.1) is 27.7 Å². The molecule has 0 aliphatic carbocycles. The van der Waals surface area contributed by atoms with E-state index in [0.717, 1.165) is 19.3 Å². The van der Waals surface area contributed by atoms with E-state index in [1.807, 2.05) is 21.1 Å². The highest BCUT2D eigenvalue weighted by atomic mass is 31.2. The molecule has 0 spiro atoms. The van der Waals surface area contributed by atoms with Crippen molar-refractivity contribution in [1.82, 2.24) is 0 Å². The van der Waals surface area contributed by atoms with Crippen LogP contribution in [0.2, 0.25) is 0 Å². The first kappa shape index (κ1) is 58.5. The predicted molar refractivity (Wildman–Crippen MR) is 250 cm³/mol. The van der Waals surface area contributed by atoms with Crippen molar-refractivity contribution >= 4 is 13.8 Å². The number of hydrogen-bond donors (Lipinski definition) is 1. The Kier molecular flexibility index (Phi) is 43.7. The highest BCUT2D eigenvalue weighted by molar-refractivity contribution is 7.45. The Morgan fingerprint density at radius 3 is 1.02 bits per heavy atom. The normalized spacial score (nSPS) is 13.5. The van der Waals surface area contributed by atoms with Gasteiger partial charge < -0.3 is 28.3 Å². The van der Waals surface area contributed by atoms with Gasteiger partial charge in [-0.2, -0.15) is 0 Å². The number of phosphoric ester groups is 1. The number of likely N-dealkylation sites (N-methyl/N-ethyl adjacent to an activating group) is 1. The van der Waals surface area contributed by atoms with Gasteiger partial charge in [-0.1, -0.05) is 251 Å². The van der Waals surface area contributed by atoms with Crippen LogP contribution in [-0.2, 0) is 23.1 Å². The van der Waals surface area contributed by atoms with E-state index in [9.17, 15) is 19.4 Å². The standard InChI is InChI=1S/C50H102NO7P/c1-5-6-7-8-9-10-11-12-13-14-15-16-17-18-19-20-21-22-23-24-25-26-27-28-29-30-31-32-33-34-35-36-37-38-39-40-41-42-43-44-50(53)56-47-49(52)48-58-59(54,55)57-46-45-51(2,3)4/h49,52H,5-48H2,1-4H3. The van der Waals surface area contributed by atoms with E-state index in [4.69, 9.17) is 13.8 Å². The molecule has 0 saturated carbocycles. The number of esters is 1. The Bertz CT molecular complexity index is 914. The fourth-order valence-electron chi connectivity index (χ4n) is 7.83. The maximum Gasteiger partial charge on any atom is 0.305 e. The molecule has 354 valence electrons. The monoisotopic (exact) mass is 860 g/mol. The van der Waals surface area contributed by atoms with E-state index in [1.165, 1.54) is 231 Å². The van der Waals surface area contributed by atoms with Crippen LogP contribution >= 0.6 is 7.82 Å². The Balaban J connectivity index is 3.25. The minimum atomic E-state index is -4.50. The van der Waals surface area contributed by atoms with Crippen molar-refractivity contribution in [3.63, 3.8) is 0 Å². The summed E-state index contributed by atoms with van der Waals surface area (Å²) in [6.45, 7) is 2.00. The molecule has 0 aromatic rings. The van der Waals surface area contributed by atoms with Gasteiger partial charge >= 0.3 is 5.97 Å². The fraction of sp³-hybridized carbons (Fsp3) is 0.980. The molecule has 0 fully saturated rings. The summed E-state index contributed by atoms with van der Waals surface area (Å²) in [5, 5.41) is 9.90. The lowest BCUT2D eigenvalue weighted by Gasteiger charge is -2.27. The number of aliphatic hydroxyl groups excluding tert-OH is 1. The first-order chi connectivity index (χ1) is 28.6. The minimum Gasteiger partial charge on any atom is -0.756 e. The van der Waals surface area contributed by atoms with E-state index >= 15 is 0 Å². The molecule has 0 bridgehead atoms. The van der Waals surface area contributed by atoms with Gasteiger partial charge in [-0.15, -0.1) is 0 Å². The molecule has 1 N–H and O–H groups in total. The molecule has 0 aliphatic rings. The molecule has 0 aromatic carbocycles. The minimum absolute atomic E-state index is 0.00480. The number of hydrogen-bond acceptors (Lipinski definition) is 7. The maximum absolute atomic E-state index is 12.0. The first-order valence-electron chi connectivity index (χ1n) is 25.8. The summed E-state index contributed by atoms with van der Waals surface area (Å²) in [5.41, 5.74) is 0. The Labute approximate surface area is 367 Å². The third-order valence-corrected chi connectivity index (χ3v) is 12.8. The lowest BCUT2D eigenvalue weighted by Crippen LogP contribution is -2.37. The molecule has 0 rings (SSSR count). The topological polar surface area (TPSA) is 105 Å². The highest BCUT2D eigenvalue weighted by Crippen LogP contribution is 2.38. The van der Waals surface area contributed by atoms with Crippen LogP contribution in [-0.4, -0.2) is 69.2 Å². The van der Waals surface area contributed by atoms with Crippen molar-refractivity contribution in [2.24, 2.45) is 0 Å². The van der Waals surface area contributed by atoms with Crippen molar-refractivity contribution in [1.29, 1.82) is 0 Å². The second kappa shape index (κ2) is 44.1. The van der Waals surface area contributed by atoms with Crippen LogP contribution in [0.15, 0.2) is 0 Å². The third kappa shape index (κ3) is 50.0. The van der Waals surface area contributed by atoms with E-state index < -0.39 is 20.5 Å². The summed E-state index contributed by atoms with van der Waals surface area (Å²) >= 11 is 0. The number of aliphatic hydroxyl groups is 1. The number of rotatable bonds is 49. The largest absolute Gasteiger partial charge is 0.756 e. The average molecular weight is 860 g/mol. The zero-order chi connectivity index (χ0) is 43.4. The molecule has 9 heteroatoms. The van der Waals surface area contributed by atoms with Gasteiger partial charge in [0.25, 0.3) is 7.82 Å². The molecule has 2 atom stereocenters. The van der Waals surface area contributed by atoms with Crippen LogP contribution in [0.4, 0.5) is 0 Å². The smallest absolute Gasteiger partial charge is 0.305 e. The molecule has 8 nitrogen and oxygen atoms in total. The van der Waals surface area contributed by atoms with Crippen LogP contribution in [0.3, 0.4) is 0 Å². The van der Waals surface area contributed by atoms with Crippen LogP contribution < -0.4 is 4.89 Å². The SMILES string of the molecule is CCCCCCCCCCCCCCCCCCCCCCCCCCCCCCCCCCCCCCCCCC(=O)OCC(O)COP(=O)([O-])OCC[N+](C)(C)C. The van der Waals surface area contributed by atoms with E-state index in [2.05, 4.69) is 6.92 Å². The van der Waals surface area contributed by atoms with E-state index in [1.54, 1.807) is 0 Å². The molecule has 0 amide bonds. The molecule has 0 saturated heterocycles. The lowest BCUT2D eigenvalue weighted by atomic mass is 10.0. The number of nitrogens with zero attached hydrogens (tertiary/aromatic N) is 1. The van der Waals surface area contributed by atoms with Crippen LogP contribution in [0.5, 0.6) is 0 Å². The number of phosphoric acid groups is 1. The molecule has 0 aromatic heterocycles. The van der Waals surface area contributed by atoms with Crippen LogP contribution in [0, 0.1) is 0 Å². The summed E-state index contributed by atoms with van der Waals surface area (Å²) in [7, 11) is 1.27. The fourth-order valence-corrected chi connectivity index (χ4v) is 8.57. The van der Waals surface area contributed by atoms with Crippen molar-refractivity contribution < 1.29 is 37.6 Å². The quantitative estimate of drug-likeness (QED) is 0.0281. The van der Waals surface area contributed by atoms with Crippen LogP contribution in [0.25, 0.3) is 0 Å². The van der Waals surface area contributed by atoms with E-state index in [0.29, 0.717) is 17.4 Å². The molecule has 0 heterocycles. The molecule has 59 heavy (non-hydrogen) atoms. The summed E-state index contributed by atoms with van der Waals surface area (Å²) in [5.74, 6) is -0.380. The summed E-state index contributed by atoms with van der Waals surface area (Å²) in [4.78, 5) is 23.7. The zero-order valence-electron chi connectivity index (χ0n) is 40.0. The Hall–Kier alpha value is -0.500. The third-order valence-electron chi connectivity index (χ3n) is 11.9. The average Bonchev–Trinajstić information content (AvgIpc) is 3.19. The van der Waals surface area contributed by atoms with Gasteiger partial charge in [0.1, 0.15) is 25.9 Å². The number of quaternary nitrogens is 1. The lowest BCUT2D eigenvalue weighted by molar-refractivity contribution is -0.870. The van der Waals surface area contributed by atoms with Gasteiger partial charge in [-0.25, -0.2) is 0 Å². The number of ether oxygens (including phenoxy) is 1. The summed E-state index contributed by atoms with van der Waals surface area (Å²) < 4.78 is 26.9. The number of unbranched alkanes of at least 4 members (excludes halogenated alkanes) is 38. The number of carbonyl (C=O) groups excluding carboxylic acids is 1. The maximum atomic E-state index is 12.0. The van der Waals surface area contributed by atoms with Gasteiger partial charge in [0, 0.05) is 6.42 Å². The first-order valence-corrected chi connectivity index (χ1v) is 27.3. The summed E-state index contributed by atoms with van der Waals surface area (Å²) in [6, 6.07) is 0. The number of carbonyl (C=O) groups is 1.